The normalized spacial score (nSPS) is 32.2. The number of benzene rings is 1. The molecular weight excluding hydrogens is 238 g/mol. The Labute approximate surface area is 112 Å². The van der Waals surface area contributed by atoms with Gasteiger partial charge in [-0.25, -0.2) is 0 Å². The van der Waals surface area contributed by atoms with Crippen molar-refractivity contribution in [2.24, 2.45) is 17.8 Å². The molecule has 0 N–H and O–H groups in total. The van der Waals surface area contributed by atoms with Crippen LogP contribution in [0.2, 0.25) is 0 Å². The fourth-order valence-electron chi connectivity index (χ4n) is 4.24. The summed E-state index contributed by atoms with van der Waals surface area (Å²) in [7, 11) is 0. The van der Waals surface area contributed by atoms with Gasteiger partial charge in [0.1, 0.15) is 0 Å². The van der Waals surface area contributed by atoms with E-state index >= 15 is 0 Å². The molecule has 2 amide bonds. The first-order valence-electron chi connectivity index (χ1n) is 7.19. The van der Waals surface area contributed by atoms with Crippen LogP contribution in [0.4, 0.5) is 0 Å². The Hall–Kier alpha value is -1.64. The molecule has 1 aromatic carbocycles. The van der Waals surface area contributed by atoms with Crippen LogP contribution in [0.25, 0.3) is 0 Å². The Morgan fingerprint density at radius 3 is 2.21 bits per heavy atom. The molecule has 0 spiro atoms. The predicted octanol–water partition coefficient (Wildman–Crippen LogP) is 2.72. The van der Waals surface area contributed by atoms with Crippen molar-refractivity contribution in [2.45, 2.75) is 25.7 Å². The fraction of sp³-hybridized carbons (Fsp3) is 0.500. The van der Waals surface area contributed by atoms with Gasteiger partial charge < -0.3 is 0 Å². The molecule has 4 rings (SSSR count). The fourth-order valence-corrected chi connectivity index (χ4v) is 4.24. The van der Waals surface area contributed by atoms with Gasteiger partial charge in [-0.2, -0.15) is 0 Å². The molecule has 19 heavy (non-hydrogen) atoms. The van der Waals surface area contributed by atoms with Crippen LogP contribution >= 0.6 is 0 Å². The first kappa shape index (κ1) is 11.2. The molecular formula is C16H17NO2. The number of carbonyl (C=O) groups is 2. The maximum absolute atomic E-state index is 12.3. The summed E-state index contributed by atoms with van der Waals surface area (Å²) in [4.78, 5) is 26.1. The summed E-state index contributed by atoms with van der Waals surface area (Å²) < 4.78 is 0. The summed E-state index contributed by atoms with van der Waals surface area (Å²) in [5, 5.41) is 0. The van der Waals surface area contributed by atoms with Crippen LogP contribution in [-0.4, -0.2) is 23.3 Å². The van der Waals surface area contributed by atoms with Gasteiger partial charge in [-0.3, -0.25) is 14.5 Å². The number of amides is 2. The highest BCUT2D eigenvalue weighted by Crippen LogP contribution is 2.48. The van der Waals surface area contributed by atoms with Crippen LogP contribution < -0.4 is 0 Å². The van der Waals surface area contributed by atoms with E-state index in [9.17, 15) is 9.59 Å². The van der Waals surface area contributed by atoms with Crippen molar-refractivity contribution in [3.05, 3.63) is 35.4 Å². The summed E-state index contributed by atoms with van der Waals surface area (Å²) in [5.74, 6) is 1.95. The van der Waals surface area contributed by atoms with E-state index in [-0.39, 0.29) is 11.8 Å². The molecule has 3 unspecified atom stereocenters. The van der Waals surface area contributed by atoms with Gasteiger partial charge in [0.25, 0.3) is 11.8 Å². The van der Waals surface area contributed by atoms with Crippen molar-refractivity contribution in [1.82, 2.24) is 4.90 Å². The highest BCUT2D eigenvalue weighted by molar-refractivity contribution is 6.21. The van der Waals surface area contributed by atoms with Gasteiger partial charge >= 0.3 is 0 Å². The van der Waals surface area contributed by atoms with E-state index in [0.29, 0.717) is 23.6 Å². The zero-order chi connectivity index (χ0) is 13.0. The summed E-state index contributed by atoms with van der Waals surface area (Å²) in [6.07, 6.45) is 5.16. The van der Waals surface area contributed by atoms with Gasteiger partial charge in [-0.1, -0.05) is 18.6 Å². The minimum atomic E-state index is -0.0941. The standard InChI is InChI=1S/C16H17NO2/c18-15-13-3-1-2-4-14(13)16(19)17(15)9-12-8-10-5-6-11(12)7-10/h1-4,10-12H,5-9H2. The Morgan fingerprint density at radius 1 is 1.00 bits per heavy atom. The number of hydrogen-bond donors (Lipinski definition) is 0. The third kappa shape index (κ3) is 1.57. The number of nitrogens with zero attached hydrogens (tertiary/aromatic N) is 1. The number of hydrogen-bond acceptors (Lipinski definition) is 2. The van der Waals surface area contributed by atoms with Crippen LogP contribution in [0.15, 0.2) is 24.3 Å². The molecule has 2 bridgehead atoms. The van der Waals surface area contributed by atoms with Crippen molar-refractivity contribution in [3.8, 4) is 0 Å². The first-order valence-corrected chi connectivity index (χ1v) is 7.19. The van der Waals surface area contributed by atoms with Gasteiger partial charge in [0, 0.05) is 6.54 Å². The molecule has 0 saturated heterocycles. The van der Waals surface area contributed by atoms with Crippen molar-refractivity contribution in [1.29, 1.82) is 0 Å². The van der Waals surface area contributed by atoms with Crippen molar-refractivity contribution < 1.29 is 9.59 Å². The van der Waals surface area contributed by atoms with Crippen LogP contribution in [0.3, 0.4) is 0 Å². The zero-order valence-electron chi connectivity index (χ0n) is 10.8. The molecule has 0 aromatic heterocycles. The maximum atomic E-state index is 12.3. The zero-order valence-corrected chi connectivity index (χ0v) is 10.8. The van der Waals surface area contributed by atoms with E-state index in [4.69, 9.17) is 0 Å². The van der Waals surface area contributed by atoms with Crippen molar-refractivity contribution >= 4 is 11.8 Å². The third-order valence-electron chi connectivity index (χ3n) is 5.18. The van der Waals surface area contributed by atoms with E-state index in [1.165, 1.54) is 30.6 Å². The molecule has 1 heterocycles. The quantitative estimate of drug-likeness (QED) is 0.762. The second-order valence-electron chi connectivity index (χ2n) is 6.20. The van der Waals surface area contributed by atoms with Crippen molar-refractivity contribution in [3.63, 3.8) is 0 Å². The summed E-state index contributed by atoms with van der Waals surface area (Å²) in [6, 6.07) is 7.17. The molecule has 0 radical (unpaired) electrons. The molecule has 1 aromatic rings. The second-order valence-corrected chi connectivity index (χ2v) is 6.20. The Balaban J connectivity index is 1.57. The average Bonchev–Trinajstić information content (AvgIpc) is 3.10. The minimum absolute atomic E-state index is 0.0941. The first-order chi connectivity index (χ1) is 9.24. The van der Waals surface area contributed by atoms with Crippen molar-refractivity contribution in [2.75, 3.05) is 6.54 Å². The third-order valence-corrected chi connectivity index (χ3v) is 5.18. The Kier molecular flexibility index (Phi) is 2.32. The van der Waals surface area contributed by atoms with Gasteiger partial charge in [0.15, 0.2) is 0 Å². The van der Waals surface area contributed by atoms with Gasteiger partial charge in [0.2, 0.25) is 0 Å². The molecule has 3 nitrogen and oxygen atoms in total. The van der Waals surface area contributed by atoms with Gasteiger partial charge in [-0.15, -0.1) is 0 Å². The average molecular weight is 255 g/mol. The lowest BCUT2D eigenvalue weighted by Gasteiger charge is -2.25. The lowest BCUT2D eigenvalue weighted by molar-refractivity contribution is 0.0610. The number of rotatable bonds is 2. The van der Waals surface area contributed by atoms with Crippen LogP contribution in [-0.2, 0) is 0 Å². The van der Waals surface area contributed by atoms with E-state index in [1.54, 1.807) is 12.1 Å². The molecule has 2 saturated carbocycles. The smallest absolute Gasteiger partial charge is 0.261 e. The van der Waals surface area contributed by atoms with Crippen LogP contribution in [0, 0.1) is 17.8 Å². The maximum Gasteiger partial charge on any atom is 0.261 e. The number of imide groups is 1. The second kappa shape index (κ2) is 3.92. The monoisotopic (exact) mass is 255 g/mol. The Morgan fingerprint density at radius 2 is 1.68 bits per heavy atom. The van der Waals surface area contributed by atoms with Crippen LogP contribution in [0.1, 0.15) is 46.4 Å². The molecule has 3 aliphatic rings. The van der Waals surface area contributed by atoms with E-state index < -0.39 is 0 Å². The predicted molar refractivity (Wildman–Crippen MR) is 70.7 cm³/mol. The number of fused-ring (bicyclic) bond motifs is 3. The lowest BCUT2D eigenvalue weighted by atomic mass is 9.88. The van der Waals surface area contributed by atoms with E-state index in [1.807, 2.05) is 12.1 Å². The largest absolute Gasteiger partial charge is 0.274 e. The minimum Gasteiger partial charge on any atom is -0.274 e. The summed E-state index contributed by atoms with van der Waals surface area (Å²) in [6.45, 7) is 0.632. The molecule has 3 heteroatoms. The Bertz CT molecular complexity index is 531. The SMILES string of the molecule is O=C1c2ccccc2C(=O)N1CC1CC2CCC1C2. The summed E-state index contributed by atoms with van der Waals surface area (Å²) >= 11 is 0. The summed E-state index contributed by atoms with van der Waals surface area (Å²) in [5.41, 5.74) is 1.16. The lowest BCUT2D eigenvalue weighted by Crippen LogP contribution is -2.36. The molecule has 2 fully saturated rings. The van der Waals surface area contributed by atoms with Crippen LogP contribution in [0.5, 0.6) is 0 Å². The molecule has 3 atom stereocenters. The van der Waals surface area contributed by atoms with Gasteiger partial charge in [-0.05, 0) is 49.1 Å². The van der Waals surface area contributed by atoms with E-state index in [2.05, 4.69) is 0 Å². The molecule has 98 valence electrons. The highest BCUT2D eigenvalue weighted by atomic mass is 16.2. The highest BCUT2D eigenvalue weighted by Gasteiger charge is 2.43. The topological polar surface area (TPSA) is 37.4 Å². The van der Waals surface area contributed by atoms with Gasteiger partial charge in [0.05, 0.1) is 11.1 Å². The molecule has 1 aliphatic heterocycles. The molecule has 2 aliphatic carbocycles. The number of carbonyl (C=O) groups excluding carboxylic acids is 2. The van der Waals surface area contributed by atoms with E-state index in [0.717, 1.165) is 11.8 Å².